The van der Waals surface area contributed by atoms with E-state index in [2.05, 4.69) is 15.5 Å². The van der Waals surface area contributed by atoms with Gasteiger partial charge in [-0.15, -0.1) is 0 Å². The van der Waals surface area contributed by atoms with Crippen molar-refractivity contribution in [1.29, 1.82) is 0 Å². The van der Waals surface area contributed by atoms with Crippen LogP contribution in [0.2, 0.25) is 0 Å². The molecule has 1 aliphatic rings. The summed E-state index contributed by atoms with van der Waals surface area (Å²) in [4.78, 5) is 24.6. The Kier molecular flexibility index (Phi) is 6.62. The number of alkyl carbamates (subject to hydrolysis) is 1. The van der Waals surface area contributed by atoms with Gasteiger partial charge in [-0.25, -0.2) is 9.59 Å². The molecule has 0 bridgehead atoms. The maximum absolute atomic E-state index is 12.9. The van der Waals surface area contributed by atoms with Crippen molar-refractivity contribution in [3.63, 3.8) is 0 Å². The molecule has 0 spiro atoms. The fraction of sp³-hybridized carbons (Fsp3) is 0.179. The summed E-state index contributed by atoms with van der Waals surface area (Å²) in [6.07, 6.45) is -4.15. The number of fused-ring (bicyclic) bond motifs is 3. The van der Waals surface area contributed by atoms with Gasteiger partial charge in [0.1, 0.15) is 12.6 Å². The zero-order valence-corrected chi connectivity index (χ0v) is 19.8. The Hall–Kier alpha value is -4.60. The molecule has 1 aliphatic carbocycles. The van der Waals surface area contributed by atoms with Crippen molar-refractivity contribution in [3.8, 4) is 22.4 Å². The lowest BCUT2D eigenvalue weighted by atomic mass is 9.98. The fourth-order valence-electron chi connectivity index (χ4n) is 4.74. The number of alkyl halides is 3. The topological polar surface area (TPSA) is 104 Å². The van der Waals surface area contributed by atoms with Gasteiger partial charge in [-0.1, -0.05) is 60.7 Å². The predicted octanol–water partition coefficient (Wildman–Crippen LogP) is 5.63. The second-order valence-corrected chi connectivity index (χ2v) is 8.91. The molecule has 0 saturated heterocycles. The Morgan fingerprint density at radius 3 is 2.16 bits per heavy atom. The van der Waals surface area contributed by atoms with E-state index in [1.807, 2.05) is 48.5 Å². The fourth-order valence-corrected chi connectivity index (χ4v) is 4.74. The van der Waals surface area contributed by atoms with Crippen LogP contribution >= 0.6 is 0 Å². The molecule has 10 heteroatoms. The number of nitrogens with zero attached hydrogens (tertiary/aromatic N) is 1. The van der Waals surface area contributed by atoms with Gasteiger partial charge in [0.05, 0.1) is 17.5 Å². The number of hydrogen-bond acceptors (Lipinski definition) is 4. The molecule has 1 unspecified atom stereocenters. The first kappa shape index (κ1) is 25.1. The molecule has 0 fully saturated rings. The molecule has 1 atom stereocenters. The quantitative estimate of drug-likeness (QED) is 0.292. The van der Waals surface area contributed by atoms with Crippen molar-refractivity contribution in [2.24, 2.45) is 0 Å². The molecule has 3 N–H and O–H groups in total. The zero-order valence-electron chi connectivity index (χ0n) is 19.8. The van der Waals surface area contributed by atoms with Gasteiger partial charge in [0.2, 0.25) is 0 Å². The predicted molar refractivity (Wildman–Crippen MR) is 132 cm³/mol. The number of carboxylic acid groups (broad SMARTS) is 1. The highest BCUT2D eigenvalue weighted by Crippen LogP contribution is 2.44. The number of ether oxygens (including phenoxy) is 1. The van der Waals surface area contributed by atoms with E-state index >= 15 is 0 Å². The first-order valence-corrected chi connectivity index (χ1v) is 11.8. The minimum atomic E-state index is -4.48. The van der Waals surface area contributed by atoms with E-state index < -0.39 is 29.8 Å². The molecule has 0 radical (unpaired) electrons. The maximum atomic E-state index is 12.9. The summed E-state index contributed by atoms with van der Waals surface area (Å²) in [6, 6.07) is 18.7. The lowest BCUT2D eigenvalue weighted by Crippen LogP contribution is -2.43. The lowest BCUT2D eigenvalue weighted by Gasteiger charge is -2.17. The van der Waals surface area contributed by atoms with E-state index in [4.69, 9.17) is 4.74 Å². The summed E-state index contributed by atoms with van der Waals surface area (Å²) in [6.45, 7) is 0.0225. The standard InChI is InChI=1S/C28H22F3N3O4/c29-28(30,31)18-11-9-16(10-12-18)25-17(14-32-34-25)13-24(26(35)36)33-27(37)38-15-23-21-7-3-1-5-19(21)20-6-2-4-8-22(20)23/h1-12,14,23-24H,13,15H2,(H,32,34)(H,33,37)(H,35,36). The van der Waals surface area contributed by atoms with Crippen molar-refractivity contribution >= 4 is 12.1 Å². The zero-order chi connectivity index (χ0) is 26.9. The normalized spacial score (nSPS) is 13.4. The molecule has 4 aromatic rings. The molecule has 194 valence electrons. The van der Waals surface area contributed by atoms with Crippen LogP contribution in [0.5, 0.6) is 0 Å². The van der Waals surface area contributed by atoms with E-state index in [1.54, 1.807) is 0 Å². The SMILES string of the molecule is O=C(NC(Cc1cn[nH]c1-c1ccc(C(F)(F)F)cc1)C(=O)O)OCC1c2ccccc2-c2ccccc21. The van der Waals surface area contributed by atoms with Crippen LogP contribution in [0.25, 0.3) is 22.4 Å². The van der Waals surface area contributed by atoms with E-state index in [0.29, 0.717) is 16.8 Å². The number of aromatic nitrogens is 2. The van der Waals surface area contributed by atoms with Gasteiger partial charge in [-0.2, -0.15) is 18.3 Å². The average molecular weight is 521 g/mol. The number of aliphatic carboxylic acids is 1. The number of rotatable bonds is 7. The highest BCUT2D eigenvalue weighted by molar-refractivity contribution is 5.81. The van der Waals surface area contributed by atoms with Gasteiger partial charge in [-0.05, 0) is 39.9 Å². The summed E-state index contributed by atoms with van der Waals surface area (Å²) in [7, 11) is 0. The van der Waals surface area contributed by atoms with E-state index in [0.717, 1.165) is 34.4 Å². The third-order valence-corrected chi connectivity index (χ3v) is 6.58. The molecule has 5 rings (SSSR count). The van der Waals surface area contributed by atoms with Gasteiger partial charge in [0.25, 0.3) is 0 Å². The molecule has 1 heterocycles. The molecule has 3 aromatic carbocycles. The summed E-state index contributed by atoms with van der Waals surface area (Å²) in [5.74, 6) is -1.48. The van der Waals surface area contributed by atoms with Crippen molar-refractivity contribution in [2.75, 3.05) is 6.61 Å². The average Bonchev–Trinajstić information content (AvgIpc) is 3.49. The minimum Gasteiger partial charge on any atom is -0.480 e. The van der Waals surface area contributed by atoms with Crippen LogP contribution in [0.4, 0.5) is 18.0 Å². The van der Waals surface area contributed by atoms with Crippen molar-refractivity contribution in [3.05, 3.63) is 101 Å². The van der Waals surface area contributed by atoms with E-state index in [-0.39, 0.29) is 18.9 Å². The number of amides is 1. The first-order valence-electron chi connectivity index (χ1n) is 11.8. The molecule has 38 heavy (non-hydrogen) atoms. The van der Waals surface area contributed by atoms with Crippen LogP contribution in [0.3, 0.4) is 0 Å². The van der Waals surface area contributed by atoms with Gasteiger partial charge < -0.3 is 15.2 Å². The summed E-state index contributed by atoms with van der Waals surface area (Å²) in [5.41, 5.74) is 4.55. The molecule has 0 aliphatic heterocycles. The Morgan fingerprint density at radius 2 is 1.58 bits per heavy atom. The number of hydrogen-bond donors (Lipinski definition) is 3. The second-order valence-electron chi connectivity index (χ2n) is 8.91. The monoisotopic (exact) mass is 521 g/mol. The molecular weight excluding hydrogens is 499 g/mol. The number of carboxylic acids is 1. The van der Waals surface area contributed by atoms with Crippen LogP contribution in [-0.2, 0) is 22.1 Å². The number of carbonyl (C=O) groups excluding carboxylic acids is 1. The van der Waals surface area contributed by atoms with Crippen LogP contribution in [0.15, 0.2) is 79.0 Å². The van der Waals surface area contributed by atoms with Gasteiger partial charge in [-0.3, -0.25) is 5.10 Å². The number of nitrogens with one attached hydrogen (secondary N) is 2. The molecule has 0 saturated carbocycles. The smallest absolute Gasteiger partial charge is 0.416 e. The van der Waals surface area contributed by atoms with Crippen LogP contribution in [-0.4, -0.2) is 40.0 Å². The van der Waals surface area contributed by atoms with Gasteiger partial charge >= 0.3 is 18.2 Å². The molecule has 1 amide bonds. The van der Waals surface area contributed by atoms with Crippen LogP contribution < -0.4 is 5.32 Å². The number of halogens is 3. The highest BCUT2D eigenvalue weighted by atomic mass is 19.4. The van der Waals surface area contributed by atoms with Gasteiger partial charge in [0, 0.05) is 17.9 Å². The third-order valence-electron chi connectivity index (χ3n) is 6.58. The van der Waals surface area contributed by atoms with Crippen LogP contribution in [0.1, 0.15) is 28.2 Å². The molecular formula is C28H22F3N3O4. The van der Waals surface area contributed by atoms with Gasteiger partial charge in [0.15, 0.2) is 0 Å². The first-order chi connectivity index (χ1) is 18.2. The van der Waals surface area contributed by atoms with Crippen molar-refractivity contribution in [2.45, 2.75) is 24.6 Å². The summed E-state index contributed by atoms with van der Waals surface area (Å²) in [5, 5.41) is 18.7. The van der Waals surface area contributed by atoms with Crippen LogP contribution in [0, 0.1) is 0 Å². The number of carbonyl (C=O) groups is 2. The number of benzene rings is 3. The van der Waals surface area contributed by atoms with Crippen molar-refractivity contribution < 1.29 is 32.6 Å². The largest absolute Gasteiger partial charge is 0.480 e. The number of aromatic amines is 1. The Balaban J connectivity index is 1.26. The van der Waals surface area contributed by atoms with Crippen molar-refractivity contribution in [1.82, 2.24) is 15.5 Å². The minimum absolute atomic E-state index is 0.0225. The molecule has 7 nitrogen and oxygen atoms in total. The molecule has 1 aromatic heterocycles. The van der Waals surface area contributed by atoms with E-state index in [1.165, 1.54) is 18.3 Å². The number of H-pyrrole nitrogens is 1. The summed E-state index contributed by atoms with van der Waals surface area (Å²) < 4.78 is 44.1. The Morgan fingerprint density at radius 1 is 0.974 bits per heavy atom. The third kappa shape index (κ3) is 4.97. The van der Waals surface area contributed by atoms with E-state index in [9.17, 15) is 27.9 Å². The highest BCUT2D eigenvalue weighted by Gasteiger charge is 2.31. The second kappa shape index (κ2) is 10.0. The Labute approximate surface area is 215 Å². The summed E-state index contributed by atoms with van der Waals surface area (Å²) >= 11 is 0. The Bertz CT molecular complexity index is 1440. The maximum Gasteiger partial charge on any atom is 0.416 e. The lowest BCUT2D eigenvalue weighted by molar-refractivity contribution is -0.139.